The molecule has 0 aliphatic carbocycles. The van der Waals surface area contributed by atoms with Crippen molar-refractivity contribution in [2.45, 2.75) is 30.8 Å². The topological polar surface area (TPSA) is 43.2 Å². The molecule has 5 heterocycles. The van der Waals surface area contributed by atoms with Gasteiger partial charge in [0.1, 0.15) is 23.5 Å². The van der Waals surface area contributed by atoms with E-state index in [0.717, 1.165) is 32.0 Å². The second-order valence-electron chi connectivity index (χ2n) is 7.80. The molecule has 138 valence electrons. The summed E-state index contributed by atoms with van der Waals surface area (Å²) in [6, 6.07) is 10.1. The molecule has 0 saturated carbocycles. The van der Waals surface area contributed by atoms with E-state index >= 15 is 0 Å². The molecule has 27 heavy (non-hydrogen) atoms. The predicted octanol–water partition coefficient (Wildman–Crippen LogP) is 3.30. The van der Waals surface area contributed by atoms with Gasteiger partial charge >= 0.3 is 0 Å². The molecule has 1 aromatic heterocycles. The molecular formula is C21H20F2N4. The molecule has 2 aromatic rings. The van der Waals surface area contributed by atoms with Gasteiger partial charge in [-0.15, -0.1) is 0 Å². The summed E-state index contributed by atoms with van der Waals surface area (Å²) in [7, 11) is 0. The number of pyridine rings is 1. The van der Waals surface area contributed by atoms with E-state index < -0.39 is 11.6 Å². The number of hydrogen-bond donors (Lipinski definition) is 0. The van der Waals surface area contributed by atoms with Gasteiger partial charge in [-0.1, -0.05) is 0 Å². The van der Waals surface area contributed by atoms with Crippen LogP contribution in [-0.2, 0) is 0 Å². The van der Waals surface area contributed by atoms with Gasteiger partial charge in [0.05, 0.1) is 5.56 Å². The summed E-state index contributed by atoms with van der Waals surface area (Å²) < 4.78 is 27.8. The molecule has 4 aliphatic rings. The normalized spacial score (nSPS) is 31.6. The average molecular weight is 366 g/mol. The van der Waals surface area contributed by atoms with Crippen LogP contribution in [0, 0.1) is 28.9 Å². The highest BCUT2D eigenvalue weighted by Gasteiger charge is 2.54. The summed E-state index contributed by atoms with van der Waals surface area (Å²) in [5.41, 5.74) is 1.26. The molecule has 0 amide bonds. The lowest BCUT2D eigenvalue weighted by Crippen LogP contribution is -2.60. The van der Waals surface area contributed by atoms with Crippen LogP contribution in [0.5, 0.6) is 0 Å². The predicted molar refractivity (Wildman–Crippen MR) is 97.3 cm³/mol. The van der Waals surface area contributed by atoms with E-state index in [4.69, 9.17) is 0 Å². The molecule has 0 spiro atoms. The van der Waals surface area contributed by atoms with Crippen LogP contribution in [0.15, 0.2) is 36.5 Å². The Morgan fingerprint density at radius 1 is 1.07 bits per heavy atom. The number of fused-ring (bicyclic) bond motifs is 2. The third kappa shape index (κ3) is 2.61. The first kappa shape index (κ1) is 16.6. The number of nitrogens with zero attached hydrogens (tertiary/aromatic N) is 4. The van der Waals surface area contributed by atoms with Crippen LogP contribution in [0.1, 0.15) is 29.9 Å². The smallest absolute Gasteiger partial charge is 0.146 e. The van der Waals surface area contributed by atoms with E-state index in [1.165, 1.54) is 12.1 Å². The SMILES string of the molecule is N#Cc1cccnc1N1C[C@H](c2cc(F)cc(F)c2)[C@@H]2[C@H]1C1CCN2CC1. The van der Waals surface area contributed by atoms with Crippen molar-refractivity contribution in [3.8, 4) is 6.07 Å². The lowest BCUT2D eigenvalue weighted by atomic mass is 9.75. The quantitative estimate of drug-likeness (QED) is 0.818. The average Bonchev–Trinajstić information content (AvgIpc) is 3.11. The Balaban J connectivity index is 1.61. The first-order valence-corrected chi connectivity index (χ1v) is 9.47. The second-order valence-corrected chi connectivity index (χ2v) is 7.80. The van der Waals surface area contributed by atoms with E-state index in [0.29, 0.717) is 29.4 Å². The number of rotatable bonds is 2. The van der Waals surface area contributed by atoms with Crippen LogP contribution in [0.25, 0.3) is 0 Å². The summed E-state index contributed by atoms with van der Waals surface area (Å²) in [4.78, 5) is 9.20. The van der Waals surface area contributed by atoms with Crippen LogP contribution in [0.3, 0.4) is 0 Å². The summed E-state index contributed by atoms with van der Waals surface area (Å²) in [6.07, 6.45) is 3.95. The summed E-state index contributed by atoms with van der Waals surface area (Å²) >= 11 is 0. The minimum Gasteiger partial charge on any atom is -0.350 e. The van der Waals surface area contributed by atoms with Crippen molar-refractivity contribution in [3.05, 3.63) is 59.3 Å². The van der Waals surface area contributed by atoms with E-state index in [9.17, 15) is 14.0 Å². The standard InChI is InChI=1S/C21H20F2N4/c22-16-8-15(9-17(23)10-16)18-12-27(21-14(11-24)2-1-5-25-21)19-13-3-6-26(7-4-13)20(18)19/h1-2,5,8-10,13,18-20H,3-4,6-7,12H2/t18-,19-,20-/m1/s1. The van der Waals surface area contributed by atoms with Crippen LogP contribution >= 0.6 is 0 Å². The molecule has 3 atom stereocenters. The Kier molecular flexibility index (Phi) is 3.87. The highest BCUT2D eigenvalue weighted by Crippen LogP contribution is 2.48. The Bertz CT molecular complexity index is 896. The fourth-order valence-electron chi connectivity index (χ4n) is 5.46. The first-order valence-electron chi connectivity index (χ1n) is 9.47. The van der Waals surface area contributed by atoms with Crippen LogP contribution in [0.4, 0.5) is 14.6 Å². The van der Waals surface area contributed by atoms with Crippen LogP contribution < -0.4 is 4.90 Å². The van der Waals surface area contributed by atoms with E-state index in [1.54, 1.807) is 18.3 Å². The van der Waals surface area contributed by atoms with Crippen molar-refractivity contribution in [1.29, 1.82) is 5.26 Å². The maximum absolute atomic E-state index is 13.9. The number of halogens is 2. The highest BCUT2D eigenvalue weighted by atomic mass is 19.1. The number of nitriles is 1. The molecule has 0 N–H and O–H groups in total. The molecule has 0 unspecified atom stereocenters. The van der Waals surface area contributed by atoms with Gasteiger partial charge < -0.3 is 4.90 Å². The van der Waals surface area contributed by atoms with Crippen molar-refractivity contribution in [2.24, 2.45) is 5.92 Å². The Hall–Kier alpha value is -2.52. The molecule has 0 radical (unpaired) electrons. The Morgan fingerprint density at radius 3 is 2.52 bits per heavy atom. The molecule has 6 rings (SSSR count). The van der Waals surface area contributed by atoms with Crippen molar-refractivity contribution >= 4 is 5.82 Å². The minimum absolute atomic E-state index is 0.00292. The molecular weight excluding hydrogens is 346 g/mol. The lowest BCUT2D eigenvalue weighted by molar-refractivity contribution is 0.0354. The summed E-state index contributed by atoms with van der Waals surface area (Å²) in [6.45, 7) is 2.68. The van der Waals surface area contributed by atoms with E-state index in [2.05, 4.69) is 20.9 Å². The summed E-state index contributed by atoms with van der Waals surface area (Å²) in [5, 5.41) is 9.54. The van der Waals surface area contributed by atoms with Gasteiger partial charge in [-0.3, -0.25) is 4.90 Å². The van der Waals surface area contributed by atoms with E-state index in [-0.39, 0.29) is 18.0 Å². The first-order chi connectivity index (χ1) is 13.2. The summed E-state index contributed by atoms with van der Waals surface area (Å²) in [5.74, 6) is 0.148. The zero-order valence-electron chi connectivity index (χ0n) is 14.9. The van der Waals surface area contributed by atoms with Crippen LogP contribution in [0.2, 0.25) is 0 Å². The third-order valence-electron chi connectivity index (χ3n) is 6.49. The number of benzene rings is 1. The van der Waals surface area contributed by atoms with Gasteiger partial charge in [0, 0.05) is 36.8 Å². The van der Waals surface area contributed by atoms with Gasteiger partial charge in [0.2, 0.25) is 0 Å². The lowest BCUT2D eigenvalue weighted by Gasteiger charge is -2.51. The molecule has 4 aliphatic heterocycles. The molecule has 4 nitrogen and oxygen atoms in total. The number of hydrogen-bond acceptors (Lipinski definition) is 4. The Morgan fingerprint density at radius 2 is 1.81 bits per heavy atom. The highest BCUT2D eigenvalue weighted by molar-refractivity contribution is 5.57. The second kappa shape index (κ2) is 6.28. The van der Waals surface area contributed by atoms with Gasteiger partial charge in [-0.2, -0.15) is 5.26 Å². The molecule has 1 aromatic carbocycles. The molecule has 2 bridgehead atoms. The maximum Gasteiger partial charge on any atom is 0.146 e. The van der Waals surface area contributed by atoms with Crippen molar-refractivity contribution in [2.75, 3.05) is 24.5 Å². The monoisotopic (exact) mass is 366 g/mol. The Labute approximate surface area is 157 Å². The van der Waals surface area contributed by atoms with Gasteiger partial charge in [0.25, 0.3) is 0 Å². The largest absolute Gasteiger partial charge is 0.350 e. The zero-order valence-corrected chi connectivity index (χ0v) is 14.9. The van der Waals surface area contributed by atoms with Gasteiger partial charge in [-0.05, 0) is 61.7 Å². The van der Waals surface area contributed by atoms with E-state index in [1.807, 2.05) is 0 Å². The van der Waals surface area contributed by atoms with Crippen molar-refractivity contribution in [1.82, 2.24) is 9.88 Å². The third-order valence-corrected chi connectivity index (χ3v) is 6.49. The number of piperidine rings is 3. The zero-order chi connectivity index (χ0) is 18.5. The number of anilines is 1. The van der Waals surface area contributed by atoms with Crippen molar-refractivity contribution in [3.63, 3.8) is 0 Å². The van der Waals surface area contributed by atoms with Crippen LogP contribution in [-0.4, -0.2) is 41.6 Å². The van der Waals surface area contributed by atoms with Crippen molar-refractivity contribution < 1.29 is 8.78 Å². The molecule has 4 saturated heterocycles. The van der Waals surface area contributed by atoms with Gasteiger partial charge in [0.15, 0.2) is 0 Å². The number of aromatic nitrogens is 1. The fraction of sp³-hybridized carbons (Fsp3) is 0.429. The molecule has 6 heteroatoms. The maximum atomic E-state index is 13.9. The van der Waals surface area contributed by atoms with Gasteiger partial charge in [-0.25, -0.2) is 13.8 Å². The molecule has 4 fully saturated rings. The minimum atomic E-state index is -0.536. The fourth-order valence-corrected chi connectivity index (χ4v) is 5.46.